The topological polar surface area (TPSA) is 62.2 Å². The lowest BCUT2D eigenvalue weighted by Gasteiger charge is -2.15. The first-order chi connectivity index (χ1) is 8.21. The number of nitrogens with zero attached hydrogens (tertiary/aromatic N) is 1. The Morgan fingerprint density at radius 2 is 2.29 bits per heavy atom. The van der Waals surface area contributed by atoms with Gasteiger partial charge in [-0.15, -0.1) is 0 Å². The number of hydrogen-bond acceptors (Lipinski definition) is 3. The molecule has 1 heterocycles. The average molecular weight is 232 g/mol. The molecule has 1 amide bonds. The molecule has 0 atom stereocenters. The molecule has 0 aliphatic heterocycles. The van der Waals surface area contributed by atoms with Crippen molar-refractivity contribution in [3.05, 3.63) is 24.0 Å². The van der Waals surface area contributed by atoms with Gasteiger partial charge in [-0.1, -0.05) is 0 Å². The van der Waals surface area contributed by atoms with Crippen LogP contribution in [-0.4, -0.2) is 22.5 Å². The van der Waals surface area contributed by atoms with Crippen molar-refractivity contribution in [3.8, 4) is 5.75 Å². The van der Waals surface area contributed by atoms with Gasteiger partial charge in [0.1, 0.15) is 5.75 Å². The zero-order valence-electron chi connectivity index (χ0n) is 9.65. The maximum Gasteiger partial charge on any atom is 0.255 e. The van der Waals surface area contributed by atoms with Gasteiger partial charge >= 0.3 is 0 Å². The van der Waals surface area contributed by atoms with Crippen LogP contribution in [-0.2, 0) is 0 Å². The molecule has 4 nitrogen and oxygen atoms in total. The number of aromatic hydroxyl groups is 1. The molecule has 2 fully saturated rings. The largest absolute Gasteiger partial charge is 0.505 e. The third-order valence-electron chi connectivity index (χ3n) is 3.98. The number of rotatable bonds is 4. The molecule has 0 aromatic carbocycles. The molecule has 0 bridgehead atoms. The highest BCUT2D eigenvalue weighted by Gasteiger charge is 2.53. The van der Waals surface area contributed by atoms with Crippen LogP contribution in [0.5, 0.6) is 5.75 Å². The molecule has 4 heteroatoms. The molecule has 0 saturated heterocycles. The lowest BCUT2D eigenvalue weighted by Crippen LogP contribution is -2.31. The Bertz CT molecular complexity index is 450. The van der Waals surface area contributed by atoms with Gasteiger partial charge in [-0.25, -0.2) is 0 Å². The molecule has 2 saturated carbocycles. The molecule has 0 unspecified atom stereocenters. The number of amides is 1. The summed E-state index contributed by atoms with van der Waals surface area (Å²) in [5.74, 6) is 0.576. The van der Waals surface area contributed by atoms with Gasteiger partial charge in [0, 0.05) is 12.7 Å². The summed E-state index contributed by atoms with van der Waals surface area (Å²) in [5.41, 5.74) is 0.699. The summed E-state index contributed by atoms with van der Waals surface area (Å²) in [5, 5.41) is 12.5. The maximum absolute atomic E-state index is 11.9. The SMILES string of the molecule is O=C(NCC1(C2CC2)CC1)c1ccncc1O. The Hall–Kier alpha value is -1.58. The monoisotopic (exact) mass is 232 g/mol. The van der Waals surface area contributed by atoms with Crippen LogP contribution < -0.4 is 5.32 Å². The first-order valence-corrected chi connectivity index (χ1v) is 6.12. The highest BCUT2D eigenvalue weighted by atomic mass is 16.3. The minimum Gasteiger partial charge on any atom is -0.505 e. The Kier molecular flexibility index (Phi) is 2.31. The molecule has 2 aliphatic carbocycles. The molecule has 17 heavy (non-hydrogen) atoms. The lowest BCUT2D eigenvalue weighted by atomic mass is 10.0. The van der Waals surface area contributed by atoms with Gasteiger partial charge in [0.15, 0.2) is 0 Å². The second kappa shape index (κ2) is 3.72. The van der Waals surface area contributed by atoms with Crippen LogP contribution in [0.3, 0.4) is 0 Å². The van der Waals surface area contributed by atoms with Gasteiger partial charge in [-0.2, -0.15) is 0 Å². The second-order valence-corrected chi connectivity index (χ2v) is 5.21. The van der Waals surface area contributed by atoms with E-state index in [-0.39, 0.29) is 11.7 Å². The van der Waals surface area contributed by atoms with Crippen molar-refractivity contribution in [2.75, 3.05) is 6.54 Å². The molecule has 0 radical (unpaired) electrons. The van der Waals surface area contributed by atoms with Crippen molar-refractivity contribution in [2.24, 2.45) is 11.3 Å². The fraction of sp³-hybridized carbons (Fsp3) is 0.538. The third kappa shape index (κ3) is 1.99. The fourth-order valence-electron chi connectivity index (χ4n) is 2.52. The van der Waals surface area contributed by atoms with Crippen LogP contribution in [0, 0.1) is 11.3 Å². The Morgan fingerprint density at radius 3 is 2.88 bits per heavy atom. The molecule has 1 aromatic heterocycles. The Balaban J connectivity index is 1.62. The Labute approximate surface area is 100 Å². The van der Waals surface area contributed by atoms with Crippen molar-refractivity contribution in [1.82, 2.24) is 10.3 Å². The number of pyridine rings is 1. The third-order valence-corrected chi connectivity index (χ3v) is 3.98. The van der Waals surface area contributed by atoms with Crippen LogP contribution in [0.15, 0.2) is 18.5 Å². The van der Waals surface area contributed by atoms with E-state index in [1.54, 1.807) is 6.07 Å². The van der Waals surface area contributed by atoms with E-state index in [0.717, 1.165) is 12.5 Å². The molecule has 3 rings (SSSR count). The van der Waals surface area contributed by atoms with Crippen LogP contribution >= 0.6 is 0 Å². The van der Waals surface area contributed by atoms with Crippen LogP contribution in [0.2, 0.25) is 0 Å². The molecular formula is C13H16N2O2. The van der Waals surface area contributed by atoms with E-state index in [1.807, 2.05) is 0 Å². The van der Waals surface area contributed by atoms with Crippen molar-refractivity contribution in [3.63, 3.8) is 0 Å². The molecule has 2 aliphatic rings. The minimum atomic E-state index is -0.197. The normalized spacial score (nSPS) is 20.9. The van der Waals surface area contributed by atoms with Crippen molar-refractivity contribution >= 4 is 5.91 Å². The lowest BCUT2D eigenvalue weighted by molar-refractivity contribution is 0.0940. The van der Waals surface area contributed by atoms with E-state index < -0.39 is 0 Å². The van der Waals surface area contributed by atoms with Crippen molar-refractivity contribution in [2.45, 2.75) is 25.7 Å². The minimum absolute atomic E-state index is 0.0544. The summed E-state index contributed by atoms with van der Waals surface area (Å²) in [6.45, 7) is 0.748. The summed E-state index contributed by atoms with van der Waals surface area (Å²) in [7, 11) is 0. The number of hydrogen-bond donors (Lipinski definition) is 2. The van der Waals surface area contributed by atoms with E-state index in [2.05, 4.69) is 10.3 Å². The predicted molar refractivity (Wildman–Crippen MR) is 62.6 cm³/mol. The first kappa shape index (κ1) is 10.6. The number of carbonyl (C=O) groups is 1. The molecule has 1 aromatic rings. The highest BCUT2D eigenvalue weighted by molar-refractivity contribution is 5.96. The highest BCUT2D eigenvalue weighted by Crippen LogP contribution is 2.60. The Morgan fingerprint density at radius 1 is 1.53 bits per heavy atom. The van der Waals surface area contributed by atoms with Gasteiger partial charge in [0.05, 0.1) is 11.8 Å². The molecular weight excluding hydrogens is 216 g/mol. The zero-order chi connectivity index (χ0) is 11.9. The summed E-state index contributed by atoms with van der Waals surface area (Å²) in [6, 6.07) is 1.54. The predicted octanol–water partition coefficient (Wildman–Crippen LogP) is 1.71. The van der Waals surface area contributed by atoms with Gasteiger partial charge in [0.2, 0.25) is 0 Å². The van der Waals surface area contributed by atoms with Gasteiger partial charge < -0.3 is 10.4 Å². The van der Waals surface area contributed by atoms with Crippen LogP contribution in [0.4, 0.5) is 0 Å². The smallest absolute Gasteiger partial charge is 0.255 e. The molecule has 90 valence electrons. The van der Waals surface area contributed by atoms with Crippen molar-refractivity contribution < 1.29 is 9.90 Å². The van der Waals surface area contributed by atoms with Crippen molar-refractivity contribution in [1.29, 1.82) is 0 Å². The molecule has 0 spiro atoms. The number of nitrogens with one attached hydrogen (secondary N) is 1. The van der Waals surface area contributed by atoms with E-state index >= 15 is 0 Å². The van der Waals surface area contributed by atoms with E-state index in [1.165, 1.54) is 38.1 Å². The van der Waals surface area contributed by atoms with Gasteiger partial charge in [-0.3, -0.25) is 9.78 Å². The second-order valence-electron chi connectivity index (χ2n) is 5.21. The van der Waals surface area contributed by atoms with Gasteiger partial charge in [-0.05, 0) is 43.1 Å². The average Bonchev–Trinajstić information content (AvgIpc) is 3.17. The van der Waals surface area contributed by atoms with E-state index in [0.29, 0.717) is 11.0 Å². The van der Waals surface area contributed by atoms with Crippen LogP contribution in [0.25, 0.3) is 0 Å². The quantitative estimate of drug-likeness (QED) is 0.830. The summed E-state index contributed by atoms with van der Waals surface area (Å²) >= 11 is 0. The molecule has 2 N–H and O–H groups in total. The number of carbonyl (C=O) groups excluding carboxylic acids is 1. The zero-order valence-corrected chi connectivity index (χ0v) is 9.65. The summed E-state index contributed by atoms with van der Waals surface area (Å²) in [6.07, 6.45) is 7.92. The van der Waals surface area contributed by atoms with E-state index in [9.17, 15) is 9.90 Å². The summed E-state index contributed by atoms with van der Waals surface area (Å²) in [4.78, 5) is 15.6. The van der Waals surface area contributed by atoms with Gasteiger partial charge in [0.25, 0.3) is 5.91 Å². The van der Waals surface area contributed by atoms with E-state index in [4.69, 9.17) is 0 Å². The van der Waals surface area contributed by atoms with Crippen LogP contribution in [0.1, 0.15) is 36.0 Å². The fourth-order valence-corrected chi connectivity index (χ4v) is 2.52. The first-order valence-electron chi connectivity index (χ1n) is 6.12. The standard InChI is InChI=1S/C13H16N2O2/c16-11-7-14-6-3-10(11)12(17)15-8-13(4-5-13)9-1-2-9/h3,6-7,9,16H,1-2,4-5,8H2,(H,15,17). The number of aromatic nitrogens is 1. The summed E-state index contributed by atoms with van der Waals surface area (Å²) < 4.78 is 0. The maximum atomic E-state index is 11.9.